The lowest BCUT2D eigenvalue weighted by atomic mass is 10.2. The van der Waals surface area contributed by atoms with Crippen LogP contribution >= 0.6 is 15.9 Å². The van der Waals surface area contributed by atoms with Crippen LogP contribution in [0.15, 0.2) is 76.3 Å². The molecule has 0 aliphatic heterocycles. The van der Waals surface area contributed by atoms with E-state index >= 15 is 0 Å². The van der Waals surface area contributed by atoms with Crippen LogP contribution in [0, 0.1) is 0 Å². The number of aromatic nitrogens is 1. The van der Waals surface area contributed by atoms with Gasteiger partial charge in [-0.1, -0.05) is 22.0 Å². The van der Waals surface area contributed by atoms with Crippen LogP contribution in [-0.2, 0) is 0 Å². The first-order valence-electron chi connectivity index (χ1n) is 7.38. The Labute approximate surface area is 145 Å². The molecule has 0 N–H and O–H groups in total. The minimum Gasteiger partial charge on any atom is -0.378 e. The van der Waals surface area contributed by atoms with Gasteiger partial charge in [-0.05, 0) is 54.6 Å². The molecule has 0 atom stereocenters. The van der Waals surface area contributed by atoms with E-state index < -0.39 is 0 Å². The van der Waals surface area contributed by atoms with E-state index in [2.05, 4.69) is 60.7 Å². The highest BCUT2D eigenvalue weighted by atomic mass is 79.9. The van der Waals surface area contributed by atoms with Gasteiger partial charge in [0, 0.05) is 36.1 Å². The zero-order valence-electron chi connectivity index (χ0n) is 13.1. The lowest BCUT2D eigenvalue weighted by molar-refractivity contribution is 1.06. The van der Waals surface area contributed by atoms with Gasteiger partial charge < -0.3 is 9.47 Å². The molecule has 0 unspecified atom stereocenters. The fourth-order valence-electron chi connectivity index (χ4n) is 2.34. The molecule has 0 fully saturated rings. The number of halogens is 1. The molecule has 0 aliphatic carbocycles. The van der Waals surface area contributed by atoms with Gasteiger partial charge in [0.1, 0.15) is 0 Å². The third kappa shape index (κ3) is 3.71. The van der Waals surface area contributed by atoms with Gasteiger partial charge in [0.15, 0.2) is 0 Å². The average Bonchev–Trinajstić information content (AvgIpc) is 3.01. The number of aliphatic imine (C=N–C) groups is 1. The molecule has 1 heterocycles. The van der Waals surface area contributed by atoms with Crippen LogP contribution in [0.2, 0.25) is 0 Å². The van der Waals surface area contributed by atoms with Crippen molar-refractivity contribution >= 4 is 33.5 Å². The van der Waals surface area contributed by atoms with Crippen molar-refractivity contribution < 1.29 is 0 Å². The van der Waals surface area contributed by atoms with Crippen LogP contribution in [0.5, 0.6) is 0 Å². The molecule has 0 bridgehead atoms. The Morgan fingerprint density at radius 3 is 2.48 bits per heavy atom. The van der Waals surface area contributed by atoms with Crippen molar-refractivity contribution in [1.82, 2.24) is 4.57 Å². The predicted octanol–water partition coefficient (Wildman–Crippen LogP) is 5.06. The van der Waals surface area contributed by atoms with Gasteiger partial charge in [-0.25, -0.2) is 0 Å². The van der Waals surface area contributed by atoms with Crippen molar-refractivity contribution in [2.24, 2.45) is 4.99 Å². The third-order valence-corrected chi connectivity index (χ3v) is 4.07. The number of benzene rings is 2. The summed E-state index contributed by atoms with van der Waals surface area (Å²) < 4.78 is 3.16. The van der Waals surface area contributed by atoms with Gasteiger partial charge in [-0.3, -0.25) is 4.99 Å². The zero-order valence-corrected chi connectivity index (χ0v) is 14.7. The van der Waals surface area contributed by atoms with Gasteiger partial charge in [0.05, 0.1) is 17.6 Å². The molecule has 0 amide bonds. The Bertz CT molecular complexity index is 817. The topological polar surface area (TPSA) is 20.5 Å². The fourth-order valence-corrected chi connectivity index (χ4v) is 2.73. The molecular weight excluding hydrogens is 350 g/mol. The summed E-state index contributed by atoms with van der Waals surface area (Å²) in [7, 11) is 4.08. The normalized spacial score (nSPS) is 11.1. The number of rotatable bonds is 4. The van der Waals surface area contributed by atoms with Crippen LogP contribution in [0.4, 0.5) is 11.4 Å². The van der Waals surface area contributed by atoms with Gasteiger partial charge in [0.25, 0.3) is 0 Å². The molecule has 2 aromatic carbocycles. The average molecular weight is 368 g/mol. The molecule has 4 heteroatoms. The van der Waals surface area contributed by atoms with Gasteiger partial charge in [-0.15, -0.1) is 0 Å². The highest BCUT2D eigenvalue weighted by molar-refractivity contribution is 9.10. The number of hydrogen-bond acceptors (Lipinski definition) is 2. The van der Waals surface area contributed by atoms with Crippen LogP contribution in [-0.4, -0.2) is 24.9 Å². The highest BCUT2D eigenvalue weighted by Crippen LogP contribution is 2.20. The monoisotopic (exact) mass is 367 g/mol. The van der Waals surface area contributed by atoms with Crippen molar-refractivity contribution in [3.8, 4) is 5.69 Å². The second-order valence-electron chi connectivity index (χ2n) is 5.45. The Balaban J connectivity index is 1.87. The van der Waals surface area contributed by atoms with Crippen molar-refractivity contribution in [2.45, 2.75) is 0 Å². The zero-order chi connectivity index (χ0) is 16.2. The van der Waals surface area contributed by atoms with E-state index in [1.807, 2.05) is 56.8 Å². The summed E-state index contributed by atoms with van der Waals surface area (Å²) in [6.45, 7) is 0. The highest BCUT2D eigenvalue weighted by Gasteiger charge is 2.02. The van der Waals surface area contributed by atoms with Crippen molar-refractivity contribution in [3.05, 3.63) is 77.0 Å². The van der Waals surface area contributed by atoms with Crippen LogP contribution in [0.3, 0.4) is 0 Å². The lowest BCUT2D eigenvalue weighted by Gasteiger charge is -2.13. The molecule has 3 nitrogen and oxygen atoms in total. The molecule has 0 saturated heterocycles. The molecular formula is C19H18BrN3. The van der Waals surface area contributed by atoms with Gasteiger partial charge >= 0.3 is 0 Å². The van der Waals surface area contributed by atoms with Crippen LogP contribution in [0.1, 0.15) is 5.69 Å². The minimum absolute atomic E-state index is 0.926. The Hall–Kier alpha value is -2.33. The predicted molar refractivity (Wildman–Crippen MR) is 101 cm³/mol. The van der Waals surface area contributed by atoms with E-state index in [0.29, 0.717) is 0 Å². The van der Waals surface area contributed by atoms with Gasteiger partial charge in [-0.2, -0.15) is 0 Å². The largest absolute Gasteiger partial charge is 0.378 e. The summed E-state index contributed by atoms with van der Waals surface area (Å²) in [5, 5.41) is 0. The maximum Gasteiger partial charge on any atom is 0.0641 e. The van der Waals surface area contributed by atoms with E-state index in [0.717, 1.165) is 21.5 Å². The van der Waals surface area contributed by atoms with E-state index in [1.54, 1.807) is 0 Å². The summed E-state index contributed by atoms with van der Waals surface area (Å²) in [5.41, 5.74) is 4.28. The molecule has 1 aromatic heterocycles. The second kappa shape index (κ2) is 6.84. The van der Waals surface area contributed by atoms with E-state index in [4.69, 9.17) is 0 Å². The molecule has 0 spiro atoms. The molecule has 0 saturated carbocycles. The quantitative estimate of drug-likeness (QED) is 0.590. The molecule has 0 radical (unpaired) electrons. The van der Waals surface area contributed by atoms with Crippen molar-refractivity contribution in [2.75, 3.05) is 19.0 Å². The second-order valence-corrected chi connectivity index (χ2v) is 6.37. The van der Waals surface area contributed by atoms with Gasteiger partial charge in [0.2, 0.25) is 0 Å². The maximum atomic E-state index is 4.56. The third-order valence-electron chi connectivity index (χ3n) is 3.58. The van der Waals surface area contributed by atoms with Crippen LogP contribution in [0.25, 0.3) is 5.69 Å². The van der Waals surface area contributed by atoms with E-state index in [1.165, 1.54) is 5.69 Å². The van der Waals surface area contributed by atoms with E-state index in [-0.39, 0.29) is 0 Å². The molecule has 3 rings (SSSR count). The lowest BCUT2D eigenvalue weighted by Crippen LogP contribution is -2.08. The summed E-state index contributed by atoms with van der Waals surface area (Å²) in [6, 6.07) is 20.5. The fraction of sp³-hybridized carbons (Fsp3) is 0.105. The number of nitrogens with zero attached hydrogens (tertiary/aromatic N) is 3. The summed E-state index contributed by atoms with van der Waals surface area (Å²) in [6.07, 6.45) is 3.94. The first-order valence-corrected chi connectivity index (χ1v) is 8.17. The molecule has 116 valence electrons. The van der Waals surface area contributed by atoms with Crippen LogP contribution < -0.4 is 4.90 Å². The van der Waals surface area contributed by atoms with E-state index in [9.17, 15) is 0 Å². The first-order chi connectivity index (χ1) is 11.1. The maximum absolute atomic E-state index is 4.56. The molecule has 23 heavy (non-hydrogen) atoms. The summed E-state index contributed by atoms with van der Waals surface area (Å²) >= 11 is 3.47. The van der Waals surface area contributed by atoms with Crippen molar-refractivity contribution in [1.29, 1.82) is 0 Å². The summed E-state index contributed by atoms with van der Waals surface area (Å²) in [5.74, 6) is 0. The first kappa shape index (κ1) is 15.6. The SMILES string of the molecule is CN(C)c1ccc(-n2cccc2C=Nc2cccc(Br)c2)cc1. The summed E-state index contributed by atoms with van der Waals surface area (Å²) in [4.78, 5) is 6.65. The standard InChI is InChI=1S/C19H18BrN3/c1-22(2)17-8-10-18(11-9-17)23-12-4-7-19(23)14-21-16-6-3-5-15(20)13-16/h3-14H,1-2H3. The number of hydrogen-bond donors (Lipinski definition) is 0. The smallest absolute Gasteiger partial charge is 0.0641 e. The molecule has 0 aliphatic rings. The molecule has 3 aromatic rings. The Kier molecular flexibility index (Phi) is 4.63. The number of anilines is 1. The Morgan fingerprint density at radius 1 is 1.00 bits per heavy atom. The van der Waals surface area contributed by atoms with Crippen molar-refractivity contribution in [3.63, 3.8) is 0 Å². The minimum atomic E-state index is 0.926. The Morgan fingerprint density at radius 2 is 1.78 bits per heavy atom.